The largest absolute Gasteiger partial charge is 0.490 e. The van der Waals surface area contributed by atoms with Crippen molar-refractivity contribution in [1.29, 1.82) is 0 Å². The summed E-state index contributed by atoms with van der Waals surface area (Å²) in [6.07, 6.45) is 1.36. The molecule has 0 atom stereocenters. The summed E-state index contributed by atoms with van der Waals surface area (Å²) < 4.78 is 11.9. The molecule has 38 heavy (non-hydrogen) atoms. The normalized spacial score (nSPS) is 14.3. The van der Waals surface area contributed by atoms with Crippen LogP contribution in [0, 0.1) is 6.92 Å². The Morgan fingerprint density at radius 2 is 1.68 bits per heavy atom. The smallest absolute Gasteiger partial charge is 0.335 e. The summed E-state index contributed by atoms with van der Waals surface area (Å²) in [5, 5.41) is 4.95. The van der Waals surface area contributed by atoms with Crippen LogP contribution in [0.5, 0.6) is 11.5 Å². The van der Waals surface area contributed by atoms with Crippen LogP contribution in [0.15, 0.2) is 76.8 Å². The van der Waals surface area contributed by atoms with E-state index < -0.39 is 17.8 Å². The molecule has 194 valence electrons. The van der Waals surface area contributed by atoms with Gasteiger partial charge in [-0.1, -0.05) is 51.8 Å². The minimum Gasteiger partial charge on any atom is -0.490 e. The van der Waals surface area contributed by atoms with Crippen LogP contribution in [0.2, 0.25) is 0 Å². The lowest BCUT2D eigenvalue weighted by Gasteiger charge is -2.26. The van der Waals surface area contributed by atoms with Crippen molar-refractivity contribution in [2.24, 2.45) is 0 Å². The van der Waals surface area contributed by atoms with Crippen molar-refractivity contribution in [3.05, 3.63) is 87.9 Å². The molecule has 0 radical (unpaired) electrons. The van der Waals surface area contributed by atoms with E-state index in [-0.39, 0.29) is 18.1 Å². The Labute approximate surface area is 227 Å². The summed E-state index contributed by atoms with van der Waals surface area (Å²) in [6, 6.07) is 18.1. The number of aryl methyl sites for hydroxylation is 1. The number of ether oxygens (including phenoxy) is 2. The van der Waals surface area contributed by atoms with E-state index in [1.165, 1.54) is 6.08 Å². The second kappa shape index (κ2) is 11.7. The quantitative estimate of drug-likeness (QED) is 0.292. The van der Waals surface area contributed by atoms with Gasteiger partial charge in [-0.25, -0.2) is 9.69 Å². The number of urea groups is 1. The number of hydrogen-bond donors (Lipinski definition) is 2. The molecule has 10 heteroatoms. The van der Waals surface area contributed by atoms with E-state index in [0.717, 1.165) is 10.5 Å². The third-order valence-electron chi connectivity index (χ3n) is 5.47. The predicted octanol–water partition coefficient (Wildman–Crippen LogP) is 4.84. The van der Waals surface area contributed by atoms with E-state index in [2.05, 4.69) is 26.6 Å². The molecule has 3 aromatic carbocycles. The highest BCUT2D eigenvalue weighted by Crippen LogP contribution is 2.35. The highest BCUT2D eigenvalue weighted by Gasteiger charge is 2.37. The van der Waals surface area contributed by atoms with Gasteiger partial charge in [-0.05, 0) is 61.9 Å². The van der Waals surface area contributed by atoms with E-state index in [0.29, 0.717) is 39.5 Å². The number of nitrogens with zero attached hydrogens (tertiary/aromatic N) is 1. The fraction of sp³-hybridized carbons (Fsp3) is 0.143. The molecule has 2 N–H and O–H groups in total. The zero-order chi connectivity index (χ0) is 27.2. The van der Waals surface area contributed by atoms with Crippen LogP contribution in [-0.2, 0) is 14.4 Å². The summed E-state index contributed by atoms with van der Waals surface area (Å²) >= 11 is 3.44. The summed E-state index contributed by atoms with van der Waals surface area (Å²) in [5.41, 5.74) is 2.14. The lowest BCUT2D eigenvalue weighted by molar-refractivity contribution is -0.122. The molecule has 1 aliphatic rings. The second-order valence-corrected chi connectivity index (χ2v) is 9.10. The third-order valence-corrected chi connectivity index (χ3v) is 6.16. The number of nitrogens with one attached hydrogen (secondary N) is 2. The first-order valence-electron chi connectivity index (χ1n) is 11.7. The van der Waals surface area contributed by atoms with Crippen molar-refractivity contribution in [1.82, 2.24) is 5.32 Å². The highest BCUT2D eigenvalue weighted by atomic mass is 79.9. The molecule has 0 unspecified atom stereocenters. The van der Waals surface area contributed by atoms with Crippen LogP contribution in [-0.4, -0.2) is 37.0 Å². The number of carbonyl (C=O) groups is 4. The van der Waals surface area contributed by atoms with E-state index in [1.54, 1.807) is 67.6 Å². The molecule has 0 bridgehead atoms. The molecule has 0 aromatic heterocycles. The van der Waals surface area contributed by atoms with Crippen LogP contribution in [0.1, 0.15) is 18.1 Å². The first kappa shape index (κ1) is 26.6. The number of rotatable bonds is 8. The van der Waals surface area contributed by atoms with E-state index in [4.69, 9.17) is 9.47 Å². The van der Waals surface area contributed by atoms with Crippen molar-refractivity contribution in [2.75, 3.05) is 23.4 Å². The lowest BCUT2D eigenvalue weighted by atomic mass is 10.1. The minimum atomic E-state index is -0.826. The molecule has 0 saturated carbocycles. The molecule has 3 aromatic rings. The number of halogens is 1. The summed E-state index contributed by atoms with van der Waals surface area (Å²) in [7, 11) is 0. The van der Waals surface area contributed by atoms with Crippen LogP contribution >= 0.6 is 15.9 Å². The number of amides is 5. The number of anilines is 2. The zero-order valence-electron chi connectivity index (χ0n) is 20.6. The van der Waals surface area contributed by atoms with Crippen LogP contribution in [0.25, 0.3) is 6.08 Å². The highest BCUT2D eigenvalue weighted by molar-refractivity contribution is 9.10. The molecule has 9 nitrogen and oxygen atoms in total. The standard InChI is InChI=1S/C28H24BrN3O6/c1-3-37-23-14-18(22(29)15-24(23)38-16-25(33)30-19-7-5-4-6-8-19)13-21-26(34)31-28(36)32(27(21)35)20-11-9-17(2)10-12-20/h4-15H,3,16H2,1-2H3,(H,30,33)(H,31,34,36)/b21-13+. The molecule has 1 saturated heterocycles. The number of imide groups is 2. The van der Waals surface area contributed by atoms with E-state index >= 15 is 0 Å². The monoisotopic (exact) mass is 577 g/mol. The average molecular weight is 578 g/mol. The average Bonchev–Trinajstić information content (AvgIpc) is 2.89. The van der Waals surface area contributed by atoms with Crippen molar-refractivity contribution in [3.8, 4) is 11.5 Å². The number of barbiturate groups is 1. The topological polar surface area (TPSA) is 114 Å². The Kier molecular flexibility index (Phi) is 8.22. The van der Waals surface area contributed by atoms with Crippen LogP contribution in [0.4, 0.5) is 16.2 Å². The Hall–Kier alpha value is -4.44. The molecule has 1 fully saturated rings. The number of carbonyl (C=O) groups excluding carboxylic acids is 4. The van der Waals surface area contributed by atoms with Crippen molar-refractivity contribution < 1.29 is 28.7 Å². The molecule has 0 spiro atoms. The van der Waals surface area contributed by atoms with Gasteiger partial charge in [-0.2, -0.15) is 0 Å². The van der Waals surface area contributed by atoms with Gasteiger partial charge >= 0.3 is 6.03 Å². The van der Waals surface area contributed by atoms with Gasteiger partial charge in [-0.15, -0.1) is 0 Å². The summed E-state index contributed by atoms with van der Waals surface area (Å²) in [5.74, 6) is -1.33. The molecule has 1 heterocycles. The summed E-state index contributed by atoms with van der Waals surface area (Å²) in [4.78, 5) is 51.5. The number of benzene rings is 3. The molecular weight excluding hydrogens is 554 g/mol. The number of hydrogen-bond acceptors (Lipinski definition) is 6. The van der Waals surface area contributed by atoms with Gasteiger partial charge < -0.3 is 14.8 Å². The maximum Gasteiger partial charge on any atom is 0.335 e. The molecular formula is C28H24BrN3O6. The van der Waals surface area contributed by atoms with Crippen LogP contribution < -0.4 is 25.0 Å². The third kappa shape index (κ3) is 6.09. The molecule has 0 aliphatic carbocycles. The number of para-hydroxylation sites is 1. The molecule has 1 aliphatic heterocycles. The van der Waals surface area contributed by atoms with Crippen molar-refractivity contribution in [3.63, 3.8) is 0 Å². The molecule has 5 amide bonds. The van der Waals surface area contributed by atoms with Crippen molar-refractivity contribution in [2.45, 2.75) is 13.8 Å². The van der Waals surface area contributed by atoms with Gasteiger partial charge in [0.15, 0.2) is 18.1 Å². The Bertz CT molecular complexity index is 1420. The Balaban J connectivity index is 1.59. The predicted molar refractivity (Wildman–Crippen MR) is 146 cm³/mol. The first-order chi connectivity index (χ1) is 18.3. The second-order valence-electron chi connectivity index (χ2n) is 8.25. The summed E-state index contributed by atoms with van der Waals surface area (Å²) in [6.45, 7) is 3.71. The van der Waals surface area contributed by atoms with E-state index in [9.17, 15) is 19.2 Å². The zero-order valence-corrected chi connectivity index (χ0v) is 22.2. The van der Waals surface area contributed by atoms with Gasteiger partial charge in [0, 0.05) is 10.2 Å². The van der Waals surface area contributed by atoms with Gasteiger partial charge in [0.1, 0.15) is 5.57 Å². The maximum atomic E-state index is 13.2. The molecule has 4 rings (SSSR count). The van der Waals surface area contributed by atoms with Gasteiger partial charge in [0.25, 0.3) is 17.7 Å². The Morgan fingerprint density at radius 1 is 1.00 bits per heavy atom. The van der Waals surface area contributed by atoms with Gasteiger partial charge in [0.2, 0.25) is 0 Å². The maximum absolute atomic E-state index is 13.2. The van der Waals surface area contributed by atoms with Gasteiger partial charge in [-0.3, -0.25) is 19.7 Å². The van der Waals surface area contributed by atoms with Crippen molar-refractivity contribution >= 4 is 57.1 Å². The van der Waals surface area contributed by atoms with Crippen LogP contribution in [0.3, 0.4) is 0 Å². The SMILES string of the molecule is CCOc1cc(/C=C2\C(=O)NC(=O)N(c3ccc(C)cc3)C2=O)c(Br)cc1OCC(=O)Nc1ccccc1. The van der Waals surface area contributed by atoms with E-state index in [1.807, 2.05) is 13.0 Å². The Morgan fingerprint density at radius 3 is 2.37 bits per heavy atom. The fourth-order valence-electron chi connectivity index (χ4n) is 3.65. The lowest BCUT2D eigenvalue weighted by Crippen LogP contribution is -2.54. The first-order valence-corrected chi connectivity index (χ1v) is 12.5. The minimum absolute atomic E-state index is 0.232. The fourth-order valence-corrected chi connectivity index (χ4v) is 4.08. The van der Waals surface area contributed by atoms with Gasteiger partial charge in [0.05, 0.1) is 12.3 Å².